The van der Waals surface area contributed by atoms with Crippen LogP contribution in [0.5, 0.6) is 11.5 Å². The Morgan fingerprint density at radius 1 is 1.14 bits per heavy atom. The molecule has 0 N–H and O–H groups in total. The quantitative estimate of drug-likeness (QED) is 0.440. The van der Waals surface area contributed by atoms with Gasteiger partial charge in [0.2, 0.25) is 0 Å². The smallest absolute Gasteiger partial charge is 0.329 e. The minimum absolute atomic E-state index is 0.139. The number of ether oxygens (including phenoxy) is 3. The number of rotatable bonds is 7. The van der Waals surface area contributed by atoms with Crippen molar-refractivity contribution in [3.8, 4) is 11.5 Å². The summed E-state index contributed by atoms with van der Waals surface area (Å²) in [4.78, 5) is 12.3. The van der Waals surface area contributed by atoms with E-state index in [1.165, 1.54) is 0 Å². The molecule has 0 aliphatic carbocycles. The monoisotopic (exact) mass is 320 g/mol. The molecule has 1 aromatic carbocycles. The van der Waals surface area contributed by atoms with E-state index in [2.05, 4.69) is 0 Å². The maximum absolute atomic E-state index is 12.3. The van der Waals surface area contributed by atoms with Crippen LogP contribution in [0.25, 0.3) is 0 Å². The first kappa shape index (κ1) is 18.3. The van der Waals surface area contributed by atoms with Gasteiger partial charge in [-0.05, 0) is 43.2 Å². The van der Waals surface area contributed by atoms with Crippen molar-refractivity contribution in [2.75, 3.05) is 14.2 Å². The normalized spacial score (nSPS) is 11.7. The summed E-state index contributed by atoms with van der Waals surface area (Å²) in [6, 6.07) is 5.58. The molecule has 0 aromatic heterocycles. The van der Waals surface area contributed by atoms with Gasteiger partial charge >= 0.3 is 5.97 Å². The van der Waals surface area contributed by atoms with Crippen molar-refractivity contribution >= 4 is 20.7 Å². The molecule has 0 spiro atoms. The van der Waals surface area contributed by atoms with Crippen molar-refractivity contribution in [1.82, 2.24) is 0 Å². The van der Waals surface area contributed by atoms with Crippen molar-refractivity contribution in [3.63, 3.8) is 0 Å². The second kappa shape index (κ2) is 8.63. The molecule has 0 amide bonds. The third-order valence-corrected chi connectivity index (χ3v) is 4.04. The Kier molecular flexibility index (Phi) is 7.18. The molecule has 0 fully saturated rings. The highest BCUT2D eigenvalue weighted by atomic mass is 28.2. The van der Waals surface area contributed by atoms with Gasteiger partial charge in [-0.3, -0.25) is 0 Å². The average molecular weight is 320 g/mol. The molecule has 120 valence electrons. The zero-order valence-electron chi connectivity index (χ0n) is 14.1. The number of hydrogen-bond acceptors (Lipinski definition) is 4. The Labute approximate surface area is 135 Å². The fourth-order valence-corrected chi connectivity index (χ4v) is 3.22. The van der Waals surface area contributed by atoms with Gasteiger partial charge in [0.05, 0.1) is 20.3 Å². The first-order chi connectivity index (χ1) is 10.4. The predicted molar refractivity (Wildman–Crippen MR) is 89.1 cm³/mol. The van der Waals surface area contributed by atoms with Crippen LogP contribution in [-0.4, -0.2) is 35.8 Å². The van der Waals surface area contributed by atoms with Crippen LogP contribution in [0.3, 0.4) is 0 Å². The van der Waals surface area contributed by atoms with Crippen molar-refractivity contribution in [1.29, 1.82) is 0 Å². The summed E-state index contributed by atoms with van der Waals surface area (Å²) in [5.74, 6) is 1.47. The Morgan fingerprint density at radius 3 is 2.32 bits per heavy atom. The Morgan fingerprint density at radius 2 is 1.82 bits per heavy atom. The summed E-state index contributed by atoms with van der Waals surface area (Å²) in [5, 5.41) is 1.59. The van der Waals surface area contributed by atoms with E-state index in [1.54, 1.807) is 14.2 Å². The SMILES string of the molecule is COc1ccc(OC)c([Si]C(=CC(C)C)C(=O)OC(C)C)c1. The molecule has 0 aliphatic rings. The number of hydrogen-bond donors (Lipinski definition) is 0. The number of carbonyl (C=O) groups is 1. The second-order valence-corrected chi connectivity index (χ2v) is 6.80. The maximum Gasteiger partial charge on any atom is 0.329 e. The summed E-state index contributed by atoms with van der Waals surface area (Å²) in [7, 11) is 3.39. The highest BCUT2D eigenvalue weighted by Crippen LogP contribution is 2.16. The van der Waals surface area contributed by atoms with Crippen LogP contribution in [0, 0.1) is 5.92 Å². The zero-order chi connectivity index (χ0) is 16.7. The van der Waals surface area contributed by atoms with Crippen LogP contribution in [0.15, 0.2) is 29.5 Å². The molecule has 0 saturated heterocycles. The molecule has 4 nitrogen and oxygen atoms in total. The number of methoxy groups -OCH3 is 2. The molecule has 0 saturated carbocycles. The maximum atomic E-state index is 12.3. The largest absolute Gasteiger partial charge is 0.497 e. The van der Waals surface area contributed by atoms with Crippen LogP contribution in [0.2, 0.25) is 0 Å². The van der Waals surface area contributed by atoms with Gasteiger partial charge in [-0.2, -0.15) is 0 Å². The standard InChI is InChI=1S/C17H24O4Si/c1-11(2)9-16(17(18)21-12(3)4)22-15-10-13(19-5)7-8-14(15)20-6/h7-12H,1-6H3. The molecule has 0 unspecified atom stereocenters. The summed E-state index contributed by atoms with van der Waals surface area (Å²) >= 11 is 0. The van der Waals surface area contributed by atoms with Crippen molar-refractivity contribution < 1.29 is 19.0 Å². The van der Waals surface area contributed by atoms with Gasteiger partial charge in [0.1, 0.15) is 21.0 Å². The van der Waals surface area contributed by atoms with E-state index in [4.69, 9.17) is 14.2 Å². The van der Waals surface area contributed by atoms with Crippen LogP contribution in [0.1, 0.15) is 27.7 Å². The second-order valence-electron chi connectivity index (χ2n) is 5.47. The molecule has 0 heterocycles. The summed E-state index contributed by atoms with van der Waals surface area (Å²) in [5.41, 5.74) is 0. The molecule has 5 heteroatoms. The van der Waals surface area contributed by atoms with E-state index in [0.29, 0.717) is 5.20 Å². The Hall–Kier alpha value is -1.75. The van der Waals surface area contributed by atoms with Crippen molar-refractivity contribution in [3.05, 3.63) is 29.5 Å². The van der Waals surface area contributed by atoms with Gasteiger partial charge < -0.3 is 14.2 Å². The van der Waals surface area contributed by atoms with E-state index in [1.807, 2.05) is 52.0 Å². The number of benzene rings is 1. The lowest BCUT2D eigenvalue weighted by atomic mass is 10.2. The van der Waals surface area contributed by atoms with Crippen molar-refractivity contribution in [2.24, 2.45) is 5.92 Å². The molecule has 1 aromatic rings. The van der Waals surface area contributed by atoms with Gasteiger partial charge in [-0.15, -0.1) is 0 Å². The molecule has 0 atom stereocenters. The van der Waals surface area contributed by atoms with Crippen LogP contribution in [0.4, 0.5) is 0 Å². The van der Waals surface area contributed by atoms with Crippen LogP contribution < -0.4 is 14.7 Å². The third kappa shape index (κ3) is 5.56. The first-order valence-corrected chi connectivity index (χ1v) is 8.29. The van der Waals surface area contributed by atoms with Crippen LogP contribution in [-0.2, 0) is 9.53 Å². The topological polar surface area (TPSA) is 44.8 Å². The predicted octanol–water partition coefficient (Wildman–Crippen LogP) is 2.52. The molecule has 2 radical (unpaired) electrons. The molecular formula is C17H24O4Si. The average Bonchev–Trinajstić information content (AvgIpc) is 2.45. The molecule has 22 heavy (non-hydrogen) atoms. The van der Waals surface area contributed by atoms with Gasteiger partial charge in [-0.25, -0.2) is 4.79 Å². The summed E-state index contributed by atoms with van der Waals surface area (Å²) in [6.07, 6.45) is 1.81. The van der Waals surface area contributed by atoms with E-state index in [0.717, 1.165) is 16.7 Å². The highest BCUT2D eigenvalue weighted by Gasteiger charge is 2.18. The van der Waals surface area contributed by atoms with E-state index >= 15 is 0 Å². The molecular weight excluding hydrogens is 296 g/mol. The minimum Gasteiger partial charge on any atom is -0.497 e. The molecule has 0 aliphatic heterocycles. The number of esters is 1. The van der Waals surface area contributed by atoms with E-state index < -0.39 is 0 Å². The summed E-state index contributed by atoms with van der Waals surface area (Å²) < 4.78 is 16.0. The molecule has 0 bridgehead atoms. The lowest BCUT2D eigenvalue weighted by Crippen LogP contribution is -2.26. The van der Waals surface area contributed by atoms with Crippen LogP contribution >= 0.6 is 0 Å². The zero-order valence-corrected chi connectivity index (χ0v) is 15.1. The number of allylic oxidation sites excluding steroid dienone is 1. The number of carbonyl (C=O) groups excluding carboxylic acids is 1. The highest BCUT2D eigenvalue weighted by molar-refractivity contribution is 6.67. The third-order valence-electron chi connectivity index (χ3n) is 2.74. The van der Waals surface area contributed by atoms with Gasteiger partial charge in [0.25, 0.3) is 0 Å². The minimum atomic E-state index is -0.271. The first-order valence-electron chi connectivity index (χ1n) is 7.29. The van der Waals surface area contributed by atoms with Gasteiger partial charge in [0.15, 0.2) is 0 Å². The van der Waals surface area contributed by atoms with Gasteiger partial charge in [0, 0.05) is 5.20 Å². The Balaban J connectivity index is 3.11. The van der Waals surface area contributed by atoms with E-state index in [-0.39, 0.29) is 27.5 Å². The lowest BCUT2D eigenvalue weighted by Gasteiger charge is -2.14. The fourth-order valence-electron chi connectivity index (χ4n) is 1.83. The lowest BCUT2D eigenvalue weighted by molar-refractivity contribution is -0.141. The molecule has 1 rings (SSSR count). The van der Waals surface area contributed by atoms with E-state index in [9.17, 15) is 4.79 Å². The van der Waals surface area contributed by atoms with Crippen molar-refractivity contribution in [2.45, 2.75) is 33.8 Å². The Bertz CT molecular complexity index is 535. The van der Waals surface area contributed by atoms with Gasteiger partial charge in [-0.1, -0.05) is 19.9 Å². The fraction of sp³-hybridized carbons (Fsp3) is 0.471. The summed E-state index contributed by atoms with van der Waals surface area (Å²) in [6.45, 7) is 7.77.